The summed E-state index contributed by atoms with van der Waals surface area (Å²) in [6.45, 7) is -0.228. The molecule has 0 unspecified atom stereocenters. The van der Waals surface area contributed by atoms with Gasteiger partial charge in [0.25, 0.3) is 5.91 Å². The molecule has 7 nitrogen and oxygen atoms in total. The van der Waals surface area contributed by atoms with Crippen LogP contribution in [0.25, 0.3) is 0 Å². The maximum atomic E-state index is 13.9. The van der Waals surface area contributed by atoms with Gasteiger partial charge in [0.1, 0.15) is 4.75 Å². The van der Waals surface area contributed by atoms with Gasteiger partial charge in [-0.2, -0.15) is 13.2 Å². The average molecular weight is 567 g/mol. The van der Waals surface area contributed by atoms with E-state index in [1.807, 2.05) is 0 Å². The Bertz CT molecular complexity index is 1320. The fraction of sp³-hybridized carbons (Fsp3) is 0.478. The summed E-state index contributed by atoms with van der Waals surface area (Å²) in [4.78, 5) is 18.7. The highest BCUT2D eigenvalue weighted by Gasteiger charge is 2.56. The van der Waals surface area contributed by atoms with Crippen LogP contribution in [0.5, 0.6) is 0 Å². The number of amides is 1. The van der Waals surface area contributed by atoms with Crippen molar-refractivity contribution in [2.45, 2.75) is 48.9 Å². The molecular formula is C23H24ClF5N4O3S. The number of hydrogen-bond donors (Lipinski definition) is 2. The summed E-state index contributed by atoms with van der Waals surface area (Å²) in [6.07, 6.45) is -3.82. The lowest BCUT2D eigenvalue weighted by Crippen LogP contribution is -2.32. The standard InChI is InChI=1S/C23H24ClF5N4O3S/c1-30-37(35,36)21(5-6-21)19-11-14(3-8-31-19)32-20(34)15-12-17(24)16(23(27,28)29)13-18(15)33-9-2-4-22(25,26)7-10-33/h3,8,11-13,30H,2,4-7,9-10H2,1H3,(H,31,32,34). The van der Waals surface area contributed by atoms with E-state index in [-0.39, 0.29) is 42.1 Å². The van der Waals surface area contributed by atoms with E-state index in [0.29, 0.717) is 18.9 Å². The Morgan fingerprint density at radius 3 is 2.43 bits per heavy atom. The number of halogens is 6. The summed E-state index contributed by atoms with van der Waals surface area (Å²) in [7, 11) is -2.43. The molecule has 2 aromatic rings. The largest absolute Gasteiger partial charge is 0.417 e. The van der Waals surface area contributed by atoms with Crippen molar-refractivity contribution in [3.63, 3.8) is 0 Å². The quantitative estimate of drug-likeness (QED) is 0.471. The molecule has 1 amide bonds. The van der Waals surface area contributed by atoms with Crippen LogP contribution in [0, 0.1) is 0 Å². The number of aromatic nitrogens is 1. The van der Waals surface area contributed by atoms with Gasteiger partial charge in [-0.3, -0.25) is 9.78 Å². The van der Waals surface area contributed by atoms with E-state index in [1.54, 1.807) is 0 Å². The summed E-state index contributed by atoms with van der Waals surface area (Å²) >= 11 is 5.89. The first-order valence-corrected chi connectivity index (χ1v) is 13.3. The molecule has 37 heavy (non-hydrogen) atoms. The van der Waals surface area contributed by atoms with Gasteiger partial charge in [-0.25, -0.2) is 21.9 Å². The molecule has 1 saturated carbocycles. The van der Waals surface area contributed by atoms with Gasteiger partial charge in [-0.05, 0) is 50.6 Å². The number of sulfonamides is 1. The van der Waals surface area contributed by atoms with E-state index >= 15 is 0 Å². The maximum Gasteiger partial charge on any atom is 0.417 e. The zero-order valence-corrected chi connectivity index (χ0v) is 21.2. The van der Waals surface area contributed by atoms with Crippen LogP contribution in [-0.2, 0) is 20.9 Å². The highest BCUT2D eigenvalue weighted by molar-refractivity contribution is 7.90. The molecule has 0 radical (unpaired) electrons. The first kappa shape index (κ1) is 27.5. The third-order valence-electron chi connectivity index (χ3n) is 6.67. The number of carbonyl (C=O) groups excluding carboxylic acids is 1. The molecule has 2 fully saturated rings. The fourth-order valence-corrected chi connectivity index (χ4v) is 6.14. The van der Waals surface area contributed by atoms with Gasteiger partial charge in [0.15, 0.2) is 0 Å². The van der Waals surface area contributed by atoms with Crippen molar-refractivity contribution in [2.75, 3.05) is 30.4 Å². The van der Waals surface area contributed by atoms with Crippen molar-refractivity contribution in [1.82, 2.24) is 9.71 Å². The first-order chi connectivity index (χ1) is 17.2. The second-order valence-corrected chi connectivity index (χ2v) is 11.7. The van der Waals surface area contributed by atoms with Crippen molar-refractivity contribution in [2.24, 2.45) is 0 Å². The second kappa shape index (κ2) is 9.66. The summed E-state index contributed by atoms with van der Waals surface area (Å²) in [6, 6.07) is 4.37. The number of hydrogen-bond acceptors (Lipinski definition) is 5. The normalized spacial score (nSPS) is 19.3. The van der Waals surface area contributed by atoms with Gasteiger partial charge in [0.05, 0.1) is 27.5 Å². The monoisotopic (exact) mass is 566 g/mol. The predicted octanol–water partition coefficient (Wildman–Crippen LogP) is 5.17. The Morgan fingerprint density at radius 1 is 1.11 bits per heavy atom. The molecule has 1 saturated heterocycles. The van der Waals surface area contributed by atoms with Crippen LogP contribution in [0.2, 0.25) is 5.02 Å². The lowest BCUT2D eigenvalue weighted by molar-refractivity contribution is -0.137. The molecule has 1 aromatic carbocycles. The first-order valence-electron chi connectivity index (χ1n) is 11.4. The van der Waals surface area contributed by atoms with Crippen molar-refractivity contribution in [3.05, 3.63) is 52.3 Å². The van der Waals surface area contributed by atoms with Crippen LogP contribution in [-0.4, -0.2) is 45.4 Å². The Hall–Kier alpha value is -2.51. The number of alkyl halides is 5. The van der Waals surface area contributed by atoms with Crippen LogP contribution in [0.15, 0.2) is 30.5 Å². The topological polar surface area (TPSA) is 91.4 Å². The molecule has 2 N–H and O–H groups in total. The highest BCUT2D eigenvalue weighted by Crippen LogP contribution is 2.51. The van der Waals surface area contributed by atoms with Gasteiger partial charge < -0.3 is 10.2 Å². The zero-order valence-electron chi connectivity index (χ0n) is 19.6. The molecule has 4 rings (SSSR count). The number of carbonyl (C=O) groups is 1. The minimum absolute atomic E-state index is 0.0216. The van der Waals surface area contributed by atoms with Crippen molar-refractivity contribution < 1.29 is 35.2 Å². The van der Waals surface area contributed by atoms with E-state index in [2.05, 4.69) is 15.0 Å². The summed E-state index contributed by atoms with van der Waals surface area (Å²) in [5, 5.41) is 1.84. The number of benzene rings is 1. The van der Waals surface area contributed by atoms with Crippen molar-refractivity contribution in [1.29, 1.82) is 0 Å². The number of anilines is 2. The fourth-order valence-electron chi connectivity index (χ4n) is 4.45. The predicted molar refractivity (Wildman–Crippen MR) is 129 cm³/mol. The third-order valence-corrected chi connectivity index (χ3v) is 9.16. The molecule has 202 valence electrons. The molecule has 0 bridgehead atoms. The number of rotatable bonds is 6. The molecule has 1 aliphatic heterocycles. The van der Waals surface area contributed by atoms with Gasteiger partial charge in [-0.15, -0.1) is 0 Å². The summed E-state index contributed by atoms with van der Waals surface area (Å²) in [5.74, 6) is -3.80. The molecule has 1 aromatic heterocycles. The molecule has 14 heteroatoms. The Balaban J connectivity index is 1.69. The summed E-state index contributed by atoms with van der Waals surface area (Å²) < 4.78 is 94.6. The van der Waals surface area contributed by atoms with Crippen LogP contribution in [0.3, 0.4) is 0 Å². The zero-order chi connectivity index (χ0) is 27.2. The van der Waals surface area contributed by atoms with Gasteiger partial charge in [-0.1, -0.05) is 11.6 Å². The average Bonchev–Trinajstić information content (AvgIpc) is 3.64. The molecular weight excluding hydrogens is 543 g/mol. The molecule has 1 aliphatic carbocycles. The Labute approximate surface area is 215 Å². The van der Waals surface area contributed by atoms with Gasteiger partial charge >= 0.3 is 6.18 Å². The number of pyridine rings is 1. The van der Waals surface area contributed by atoms with E-state index < -0.39 is 56.2 Å². The van der Waals surface area contributed by atoms with Gasteiger partial charge in [0.2, 0.25) is 15.9 Å². The summed E-state index contributed by atoms with van der Waals surface area (Å²) in [5.41, 5.74) is -1.21. The van der Waals surface area contributed by atoms with Crippen LogP contribution < -0.4 is 14.9 Å². The molecule has 2 heterocycles. The molecule has 2 aliphatic rings. The third kappa shape index (κ3) is 5.53. The van der Waals surface area contributed by atoms with E-state index in [0.717, 1.165) is 6.07 Å². The van der Waals surface area contributed by atoms with Gasteiger partial charge in [0, 0.05) is 37.8 Å². The number of nitrogens with zero attached hydrogens (tertiary/aromatic N) is 2. The Morgan fingerprint density at radius 2 is 1.81 bits per heavy atom. The molecule has 0 spiro atoms. The lowest BCUT2D eigenvalue weighted by atomic mass is 10.1. The second-order valence-electron chi connectivity index (χ2n) is 9.13. The van der Waals surface area contributed by atoms with Crippen LogP contribution >= 0.6 is 11.6 Å². The highest BCUT2D eigenvalue weighted by atomic mass is 35.5. The smallest absolute Gasteiger partial charge is 0.371 e. The van der Waals surface area contributed by atoms with E-state index in [1.165, 1.54) is 30.3 Å². The minimum atomic E-state index is -4.83. The maximum absolute atomic E-state index is 13.9. The van der Waals surface area contributed by atoms with Crippen LogP contribution in [0.4, 0.5) is 33.3 Å². The van der Waals surface area contributed by atoms with E-state index in [9.17, 15) is 35.2 Å². The van der Waals surface area contributed by atoms with Crippen LogP contribution in [0.1, 0.15) is 53.7 Å². The SMILES string of the molecule is CNS(=O)(=O)C1(c2cc(NC(=O)c3cc(Cl)c(C(F)(F)F)cc3N3CCCC(F)(F)CC3)ccn2)CC1. The Kier molecular flexibility index (Phi) is 7.19. The van der Waals surface area contributed by atoms with Crippen molar-refractivity contribution >= 4 is 38.9 Å². The lowest BCUT2D eigenvalue weighted by Gasteiger charge is -2.27. The molecule has 0 atom stereocenters. The number of nitrogens with one attached hydrogen (secondary N) is 2. The van der Waals surface area contributed by atoms with Crippen molar-refractivity contribution in [3.8, 4) is 0 Å². The van der Waals surface area contributed by atoms with E-state index in [4.69, 9.17) is 11.6 Å². The minimum Gasteiger partial charge on any atom is -0.371 e.